The molecule has 0 aliphatic carbocycles. The van der Waals surface area contributed by atoms with Crippen LogP contribution in [0.5, 0.6) is 11.5 Å². The summed E-state index contributed by atoms with van der Waals surface area (Å²) in [5.41, 5.74) is 7.59. The molecule has 3 N–H and O–H groups in total. The lowest BCUT2D eigenvalue weighted by atomic mass is 10.2. The van der Waals surface area contributed by atoms with Crippen molar-refractivity contribution >= 4 is 23.8 Å². The van der Waals surface area contributed by atoms with Crippen LogP contribution in [0, 0.1) is 0 Å². The number of carbonyl (C=O) groups excluding carboxylic acids is 1. The maximum Gasteiger partial charge on any atom is 0.332 e. The molecule has 20 heavy (non-hydrogen) atoms. The molecule has 0 unspecified atom stereocenters. The average Bonchev–Trinajstić information content (AvgIpc) is 2.33. The molecule has 1 aromatic carbocycles. The molecule has 2 amide bonds. The summed E-state index contributed by atoms with van der Waals surface area (Å²) in [5.74, 6) is 1.12. The van der Waals surface area contributed by atoms with Crippen molar-refractivity contribution in [1.29, 1.82) is 0 Å². The van der Waals surface area contributed by atoms with Crippen molar-refractivity contribution in [3.8, 4) is 11.5 Å². The molecule has 0 heterocycles. The Morgan fingerprint density at radius 1 is 1.50 bits per heavy atom. The normalized spacial score (nSPS) is 10.8. The number of nitrogens with one attached hydrogen (secondary N) is 1. The van der Waals surface area contributed by atoms with Gasteiger partial charge >= 0.3 is 6.03 Å². The maximum absolute atomic E-state index is 10.5. The molecule has 0 bridgehead atoms. The van der Waals surface area contributed by atoms with E-state index in [1.807, 2.05) is 20.8 Å². The highest BCUT2D eigenvalue weighted by Crippen LogP contribution is 2.33. The van der Waals surface area contributed by atoms with Crippen LogP contribution in [0.4, 0.5) is 4.79 Å². The Morgan fingerprint density at radius 2 is 2.20 bits per heavy atom. The van der Waals surface area contributed by atoms with Crippen molar-refractivity contribution in [2.24, 2.45) is 10.8 Å². The molecule has 7 heteroatoms. The summed E-state index contributed by atoms with van der Waals surface area (Å²) in [6.45, 7) is 6.19. The van der Waals surface area contributed by atoms with Crippen LogP contribution in [0.2, 0.25) is 5.02 Å². The Kier molecular flexibility index (Phi) is 6.11. The van der Waals surface area contributed by atoms with Crippen molar-refractivity contribution in [3.63, 3.8) is 0 Å². The Morgan fingerprint density at radius 3 is 2.75 bits per heavy atom. The lowest BCUT2D eigenvalue weighted by molar-refractivity contribution is 0.224. The number of urea groups is 1. The van der Waals surface area contributed by atoms with Crippen LogP contribution in [-0.2, 0) is 0 Å². The van der Waals surface area contributed by atoms with E-state index in [0.29, 0.717) is 28.7 Å². The molecule has 0 spiro atoms. The van der Waals surface area contributed by atoms with Crippen molar-refractivity contribution in [1.82, 2.24) is 5.43 Å². The molecule has 0 saturated carbocycles. The van der Waals surface area contributed by atoms with Gasteiger partial charge in [0.2, 0.25) is 0 Å². The third-order valence-corrected chi connectivity index (χ3v) is 2.43. The number of ether oxygens (including phenoxy) is 2. The van der Waals surface area contributed by atoms with E-state index in [1.165, 1.54) is 6.21 Å². The summed E-state index contributed by atoms with van der Waals surface area (Å²) < 4.78 is 11.1. The van der Waals surface area contributed by atoms with Crippen LogP contribution in [0.15, 0.2) is 17.2 Å². The van der Waals surface area contributed by atoms with Gasteiger partial charge in [0.05, 0.1) is 23.9 Å². The van der Waals surface area contributed by atoms with Gasteiger partial charge in [0.1, 0.15) is 0 Å². The zero-order chi connectivity index (χ0) is 15.1. The van der Waals surface area contributed by atoms with E-state index in [9.17, 15) is 4.79 Å². The highest BCUT2D eigenvalue weighted by Gasteiger charge is 2.11. The van der Waals surface area contributed by atoms with E-state index in [0.717, 1.165) is 0 Å². The topological polar surface area (TPSA) is 85.9 Å². The zero-order valence-corrected chi connectivity index (χ0v) is 12.4. The minimum atomic E-state index is -0.748. The monoisotopic (exact) mass is 299 g/mol. The van der Waals surface area contributed by atoms with Crippen molar-refractivity contribution < 1.29 is 14.3 Å². The number of carbonyl (C=O) groups is 1. The van der Waals surface area contributed by atoms with Gasteiger partial charge in [-0.3, -0.25) is 0 Å². The van der Waals surface area contributed by atoms with E-state index in [2.05, 4.69) is 10.5 Å². The summed E-state index contributed by atoms with van der Waals surface area (Å²) in [7, 11) is 0. The van der Waals surface area contributed by atoms with E-state index in [-0.39, 0.29) is 6.10 Å². The minimum absolute atomic E-state index is 0.00122. The van der Waals surface area contributed by atoms with Gasteiger partial charge < -0.3 is 15.2 Å². The van der Waals surface area contributed by atoms with Gasteiger partial charge in [0.25, 0.3) is 0 Å². The first-order chi connectivity index (χ1) is 9.43. The molecule has 0 radical (unpaired) electrons. The number of halogens is 1. The Hall–Kier alpha value is -1.95. The number of benzene rings is 1. The molecule has 0 saturated heterocycles. The first-order valence-electron chi connectivity index (χ1n) is 6.15. The molecule has 0 aliphatic heterocycles. The van der Waals surface area contributed by atoms with Crippen molar-refractivity contribution in [2.75, 3.05) is 6.61 Å². The van der Waals surface area contributed by atoms with Gasteiger partial charge in [-0.15, -0.1) is 0 Å². The number of hydrogen-bond donors (Lipinski definition) is 2. The first-order valence-corrected chi connectivity index (χ1v) is 6.53. The first kappa shape index (κ1) is 16.1. The molecular weight excluding hydrogens is 282 g/mol. The number of nitrogens with two attached hydrogens (primary N) is 1. The third-order valence-electron chi connectivity index (χ3n) is 2.10. The second kappa shape index (κ2) is 7.59. The number of rotatable bonds is 6. The Labute approximate surface area is 122 Å². The van der Waals surface area contributed by atoms with Gasteiger partial charge in [-0.05, 0) is 26.8 Å². The lowest BCUT2D eigenvalue weighted by Gasteiger charge is -2.15. The minimum Gasteiger partial charge on any atom is -0.490 e. The van der Waals surface area contributed by atoms with Gasteiger partial charge in [-0.1, -0.05) is 11.6 Å². The second-order valence-electron chi connectivity index (χ2n) is 4.15. The predicted molar refractivity (Wildman–Crippen MR) is 78.7 cm³/mol. The molecule has 1 rings (SSSR count). The molecule has 0 atom stereocenters. The number of nitrogens with zero attached hydrogens (tertiary/aromatic N) is 1. The summed E-state index contributed by atoms with van der Waals surface area (Å²) in [5, 5.41) is 4.09. The molecule has 1 aromatic rings. The fourth-order valence-corrected chi connectivity index (χ4v) is 1.63. The SMILES string of the molecule is CCOc1cc(C=NNC(N)=O)c(Cl)cc1OC(C)C. The van der Waals surface area contributed by atoms with Crippen LogP contribution in [0.25, 0.3) is 0 Å². The standard InChI is InChI=1S/C13H18ClN3O3/c1-4-19-11-5-9(7-16-17-13(15)18)10(14)6-12(11)20-8(2)3/h5-8H,4H2,1-3H3,(H3,15,17,18). The van der Waals surface area contributed by atoms with Crippen LogP contribution in [-0.4, -0.2) is 25.0 Å². The quantitative estimate of drug-likeness (QED) is 0.625. The second-order valence-corrected chi connectivity index (χ2v) is 4.56. The number of primary amides is 1. The lowest BCUT2D eigenvalue weighted by Crippen LogP contribution is -2.24. The number of hydrogen-bond acceptors (Lipinski definition) is 4. The zero-order valence-electron chi connectivity index (χ0n) is 11.6. The fourth-order valence-electron chi connectivity index (χ4n) is 1.43. The van der Waals surface area contributed by atoms with Crippen molar-refractivity contribution in [3.05, 3.63) is 22.7 Å². The highest BCUT2D eigenvalue weighted by atomic mass is 35.5. The van der Waals surface area contributed by atoms with E-state index >= 15 is 0 Å². The van der Waals surface area contributed by atoms with E-state index in [1.54, 1.807) is 12.1 Å². The predicted octanol–water partition coefficient (Wildman–Crippen LogP) is 2.53. The summed E-state index contributed by atoms with van der Waals surface area (Å²) in [6.07, 6.45) is 1.38. The Balaban J connectivity index is 3.05. The summed E-state index contributed by atoms with van der Waals surface area (Å²) >= 11 is 6.13. The number of amides is 2. The molecule has 110 valence electrons. The van der Waals surface area contributed by atoms with E-state index < -0.39 is 6.03 Å². The van der Waals surface area contributed by atoms with Gasteiger partial charge in [0.15, 0.2) is 11.5 Å². The van der Waals surface area contributed by atoms with Crippen LogP contribution >= 0.6 is 11.6 Å². The largest absolute Gasteiger partial charge is 0.490 e. The Bertz CT molecular complexity index is 504. The molecule has 6 nitrogen and oxygen atoms in total. The van der Waals surface area contributed by atoms with Gasteiger partial charge in [0, 0.05) is 11.6 Å². The summed E-state index contributed by atoms with van der Waals surface area (Å²) in [4.78, 5) is 10.5. The van der Waals surface area contributed by atoms with Gasteiger partial charge in [-0.2, -0.15) is 5.10 Å². The maximum atomic E-state index is 10.5. The van der Waals surface area contributed by atoms with Crippen LogP contribution < -0.4 is 20.6 Å². The van der Waals surface area contributed by atoms with Gasteiger partial charge in [-0.25, -0.2) is 10.2 Å². The smallest absolute Gasteiger partial charge is 0.332 e. The fraction of sp³-hybridized carbons (Fsp3) is 0.385. The van der Waals surface area contributed by atoms with Crippen LogP contribution in [0.1, 0.15) is 26.3 Å². The molecular formula is C13H18ClN3O3. The van der Waals surface area contributed by atoms with Crippen LogP contribution in [0.3, 0.4) is 0 Å². The molecule has 0 fully saturated rings. The molecule has 0 aromatic heterocycles. The highest BCUT2D eigenvalue weighted by molar-refractivity contribution is 6.33. The average molecular weight is 300 g/mol. The van der Waals surface area contributed by atoms with Crippen molar-refractivity contribution in [2.45, 2.75) is 26.9 Å². The summed E-state index contributed by atoms with van der Waals surface area (Å²) in [6, 6.07) is 2.59. The molecule has 0 aliphatic rings. The third kappa shape index (κ3) is 4.97. The number of hydrazone groups is 1. The van der Waals surface area contributed by atoms with E-state index in [4.69, 9.17) is 26.8 Å².